The molecule has 1 heteroatoms. The first-order valence-corrected chi connectivity index (χ1v) is 5.48. The maximum absolute atomic E-state index is 2.58. The van der Waals surface area contributed by atoms with Crippen molar-refractivity contribution in [3.05, 3.63) is 11.6 Å². The van der Waals surface area contributed by atoms with E-state index in [9.17, 15) is 0 Å². The van der Waals surface area contributed by atoms with Crippen LogP contribution in [0.3, 0.4) is 0 Å². The van der Waals surface area contributed by atoms with Crippen molar-refractivity contribution < 1.29 is 0 Å². The topological polar surface area (TPSA) is 3.24 Å². The summed E-state index contributed by atoms with van der Waals surface area (Å²) in [7, 11) is 0. The Morgan fingerprint density at radius 3 is 2.15 bits per heavy atom. The van der Waals surface area contributed by atoms with Crippen molar-refractivity contribution in [1.82, 2.24) is 4.90 Å². The first kappa shape index (κ1) is 10.8. The van der Waals surface area contributed by atoms with Crippen LogP contribution in [-0.4, -0.2) is 24.0 Å². The lowest BCUT2D eigenvalue weighted by Crippen LogP contribution is -2.38. The fourth-order valence-electron chi connectivity index (χ4n) is 2.07. The summed E-state index contributed by atoms with van der Waals surface area (Å²) < 4.78 is 0. The van der Waals surface area contributed by atoms with Crippen molar-refractivity contribution in [3.63, 3.8) is 0 Å². The van der Waals surface area contributed by atoms with Crippen LogP contribution in [0, 0.1) is 5.92 Å². The summed E-state index contributed by atoms with van der Waals surface area (Å²) in [5.74, 6) is 0.847. The van der Waals surface area contributed by atoms with E-state index < -0.39 is 0 Å². The highest BCUT2D eigenvalue weighted by Gasteiger charge is 2.18. The van der Waals surface area contributed by atoms with E-state index in [2.05, 4.69) is 38.7 Å². The summed E-state index contributed by atoms with van der Waals surface area (Å²) in [5, 5.41) is 0. The third-order valence-electron chi connectivity index (χ3n) is 2.87. The molecule has 0 aromatic rings. The smallest absolute Gasteiger partial charge is 0.00385 e. The summed E-state index contributed by atoms with van der Waals surface area (Å²) in [4.78, 5) is 2.58. The van der Waals surface area contributed by atoms with Crippen LogP contribution in [0.4, 0.5) is 0 Å². The van der Waals surface area contributed by atoms with Gasteiger partial charge in [0.15, 0.2) is 0 Å². The molecule has 1 aliphatic rings. The maximum atomic E-state index is 2.58. The van der Waals surface area contributed by atoms with Crippen LogP contribution in [0.5, 0.6) is 0 Å². The molecule has 0 saturated carbocycles. The lowest BCUT2D eigenvalue weighted by Gasteiger charge is -2.33. The highest BCUT2D eigenvalue weighted by Crippen LogP contribution is 2.20. The van der Waals surface area contributed by atoms with Gasteiger partial charge in [-0.2, -0.15) is 0 Å². The molecule has 76 valence electrons. The zero-order valence-electron chi connectivity index (χ0n) is 9.51. The molecule has 0 aromatic carbocycles. The lowest BCUT2D eigenvalue weighted by molar-refractivity contribution is 0.164. The molecule has 1 aliphatic heterocycles. The number of allylic oxidation sites excluding steroid dienone is 2. The highest BCUT2D eigenvalue weighted by molar-refractivity contribution is 4.98. The Kier molecular flexibility index (Phi) is 3.98. The monoisotopic (exact) mass is 181 g/mol. The lowest BCUT2D eigenvalue weighted by atomic mass is 9.94. The average molecular weight is 181 g/mol. The van der Waals surface area contributed by atoms with Crippen LogP contribution < -0.4 is 0 Å². The van der Waals surface area contributed by atoms with Crippen LogP contribution in [0.1, 0.15) is 40.5 Å². The average Bonchev–Trinajstić information content (AvgIpc) is 2.04. The van der Waals surface area contributed by atoms with Gasteiger partial charge in [0.1, 0.15) is 0 Å². The van der Waals surface area contributed by atoms with Gasteiger partial charge in [0.25, 0.3) is 0 Å². The maximum Gasteiger partial charge on any atom is 0.00385 e. The van der Waals surface area contributed by atoms with E-state index in [4.69, 9.17) is 0 Å². The van der Waals surface area contributed by atoms with Crippen molar-refractivity contribution >= 4 is 0 Å². The molecule has 0 unspecified atom stereocenters. The standard InChI is InChI=1S/C12H23N/c1-10(2)9-12-5-7-13(8-6-12)11(3)4/h9,11-12H,5-8H2,1-4H3. The SMILES string of the molecule is CC(C)=CC1CCN(C(C)C)CC1. The van der Waals surface area contributed by atoms with Gasteiger partial charge >= 0.3 is 0 Å². The van der Waals surface area contributed by atoms with Crippen molar-refractivity contribution in [2.75, 3.05) is 13.1 Å². The van der Waals surface area contributed by atoms with Crippen molar-refractivity contribution in [2.24, 2.45) is 5.92 Å². The fraction of sp³-hybridized carbons (Fsp3) is 0.833. The van der Waals surface area contributed by atoms with Gasteiger partial charge in [0.2, 0.25) is 0 Å². The van der Waals surface area contributed by atoms with Gasteiger partial charge in [-0.3, -0.25) is 0 Å². The van der Waals surface area contributed by atoms with E-state index in [0.717, 1.165) is 12.0 Å². The van der Waals surface area contributed by atoms with Gasteiger partial charge in [0.05, 0.1) is 0 Å². The third-order valence-corrected chi connectivity index (χ3v) is 2.87. The van der Waals surface area contributed by atoms with Gasteiger partial charge in [0, 0.05) is 6.04 Å². The summed E-state index contributed by atoms with van der Waals surface area (Å²) >= 11 is 0. The van der Waals surface area contributed by atoms with Gasteiger partial charge in [-0.1, -0.05) is 11.6 Å². The third kappa shape index (κ3) is 3.51. The minimum absolute atomic E-state index is 0.729. The molecule has 0 N–H and O–H groups in total. The van der Waals surface area contributed by atoms with E-state index in [1.165, 1.54) is 31.5 Å². The number of hydrogen-bond donors (Lipinski definition) is 0. The van der Waals surface area contributed by atoms with Gasteiger partial charge in [-0.05, 0) is 59.5 Å². The molecule has 0 bridgehead atoms. The fourth-order valence-corrected chi connectivity index (χ4v) is 2.07. The second-order valence-corrected chi connectivity index (χ2v) is 4.71. The van der Waals surface area contributed by atoms with Crippen LogP contribution in [-0.2, 0) is 0 Å². The number of hydrogen-bond acceptors (Lipinski definition) is 1. The normalized spacial score (nSPS) is 20.7. The first-order valence-electron chi connectivity index (χ1n) is 5.48. The minimum Gasteiger partial charge on any atom is -0.301 e. The summed E-state index contributed by atoms with van der Waals surface area (Å²) in [6, 6.07) is 0.729. The molecule has 1 saturated heterocycles. The molecular formula is C12H23N. The number of rotatable bonds is 2. The van der Waals surface area contributed by atoms with Gasteiger partial charge in [-0.25, -0.2) is 0 Å². The molecule has 0 aromatic heterocycles. The molecule has 1 fully saturated rings. The van der Waals surface area contributed by atoms with Gasteiger partial charge in [-0.15, -0.1) is 0 Å². The molecule has 0 radical (unpaired) electrons. The predicted molar refractivity (Wildman–Crippen MR) is 58.9 cm³/mol. The number of likely N-dealkylation sites (tertiary alicyclic amines) is 1. The molecule has 1 rings (SSSR count). The largest absolute Gasteiger partial charge is 0.301 e. The Morgan fingerprint density at radius 2 is 1.77 bits per heavy atom. The van der Waals surface area contributed by atoms with Crippen molar-refractivity contribution in [2.45, 2.75) is 46.6 Å². The Labute approximate surface area is 82.8 Å². The zero-order chi connectivity index (χ0) is 9.84. The number of piperidine rings is 1. The Balaban J connectivity index is 2.35. The first-order chi connectivity index (χ1) is 6.09. The summed E-state index contributed by atoms with van der Waals surface area (Å²) in [6.07, 6.45) is 5.14. The molecule has 1 nitrogen and oxygen atoms in total. The second kappa shape index (κ2) is 4.80. The van der Waals surface area contributed by atoms with E-state index in [0.29, 0.717) is 0 Å². The number of nitrogens with zero attached hydrogens (tertiary/aromatic N) is 1. The Hall–Kier alpha value is -0.300. The Bertz CT molecular complexity index is 170. The molecular weight excluding hydrogens is 158 g/mol. The Morgan fingerprint density at radius 1 is 1.23 bits per heavy atom. The molecule has 0 atom stereocenters. The molecule has 0 aliphatic carbocycles. The van der Waals surface area contributed by atoms with E-state index >= 15 is 0 Å². The van der Waals surface area contributed by atoms with E-state index in [-0.39, 0.29) is 0 Å². The highest BCUT2D eigenvalue weighted by atomic mass is 15.1. The summed E-state index contributed by atoms with van der Waals surface area (Å²) in [5.41, 5.74) is 1.47. The summed E-state index contributed by atoms with van der Waals surface area (Å²) in [6.45, 7) is 11.6. The molecule has 13 heavy (non-hydrogen) atoms. The zero-order valence-corrected chi connectivity index (χ0v) is 9.51. The van der Waals surface area contributed by atoms with Crippen LogP contribution in [0.25, 0.3) is 0 Å². The molecule has 0 amide bonds. The second-order valence-electron chi connectivity index (χ2n) is 4.71. The predicted octanol–water partition coefficient (Wildman–Crippen LogP) is 3.07. The van der Waals surface area contributed by atoms with Crippen LogP contribution in [0.2, 0.25) is 0 Å². The van der Waals surface area contributed by atoms with E-state index in [1.54, 1.807) is 0 Å². The van der Waals surface area contributed by atoms with Crippen LogP contribution in [0.15, 0.2) is 11.6 Å². The van der Waals surface area contributed by atoms with Crippen molar-refractivity contribution in [1.29, 1.82) is 0 Å². The minimum atomic E-state index is 0.729. The molecule has 0 spiro atoms. The van der Waals surface area contributed by atoms with Crippen molar-refractivity contribution in [3.8, 4) is 0 Å². The quantitative estimate of drug-likeness (QED) is 0.592. The molecule has 1 heterocycles. The van der Waals surface area contributed by atoms with E-state index in [1.807, 2.05) is 0 Å². The van der Waals surface area contributed by atoms with Gasteiger partial charge < -0.3 is 4.90 Å². The van der Waals surface area contributed by atoms with Crippen LogP contribution >= 0.6 is 0 Å².